The number of carbonyl (C=O) groups excluding carboxylic acids is 2. The molecule has 3 N–H and O–H groups in total. The highest BCUT2D eigenvalue weighted by Gasteiger charge is 2.35. The Morgan fingerprint density at radius 2 is 1.90 bits per heavy atom. The highest BCUT2D eigenvalue weighted by molar-refractivity contribution is 5.89. The number of amides is 2. The van der Waals surface area contributed by atoms with E-state index >= 15 is 0 Å². The van der Waals surface area contributed by atoms with Crippen molar-refractivity contribution in [2.75, 3.05) is 6.54 Å². The Balaban J connectivity index is 0.00000220. The molecule has 2 amide bonds. The van der Waals surface area contributed by atoms with E-state index in [1.54, 1.807) is 4.90 Å². The summed E-state index contributed by atoms with van der Waals surface area (Å²) >= 11 is 0. The van der Waals surface area contributed by atoms with E-state index in [9.17, 15) is 9.59 Å². The number of hydrogen-bond donors (Lipinski definition) is 2. The Morgan fingerprint density at radius 3 is 2.38 bits per heavy atom. The molecule has 0 bridgehead atoms. The lowest BCUT2D eigenvalue weighted by atomic mass is 9.91. The van der Waals surface area contributed by atoms with E-state index in [2.05, 4.69) is 5.32 Å². The monoisotopic (exact) mass is 317 g/mol. The molecule has 5 nitrogen and oxygen atoms in total. The van der Waals surface area contributed by atoms with Crippen LogP contribution in [0.4, 0.5) is 0 Å². The van der Waals surface area contributed by atoms with E-state index in [1.807, 2.05) is 13.8 Å². The summed E-state index contributed by atoms with van der Waals surface area (Å²) in [6, 6.07) is 0.186. The summed E-state index contributed by atoms with van der Waals surface area (Å²) in [5.74, 6) is 0.267. The van der Waals surface area contributed by atoms with Gasteiger partial charge < -0.3 is 16.0 Å². The van der Waals surface area contributed by atoms with Crippen molar-refractivity contribution in [3.63, 3.8) is 0 Å². The molecular weight excluding hydrogens is 290 g/mol. The van der Waals surface area contributed by atoms with Gasteiger partial charge in [-0.05, 0) is 38.0 Å². The Morgan fingerprint density at radius 1 is 1.29 bits per heavy atom. The molecule has 1 saturated carbocycles. The molecule has 1 aliphatic heterocycles. The van der Waals surface area contributed by atoms with Crippen LogP contribution in [-0.2, 0) is 9.59 Å². The second-order valence-electron chi connectivity index (χ2n) is 6.50. The topological polar surface area (TPSA) is 75.4 Å². The average Bonchev–Trinajstić information content (AvgIpc) is 2.78. The van der Waals surface area contributed by atoms with Gasteiger partial charge in [-0.3, -0.25) is 9.59 Å². The molecule has 0 aromatic heterocycles. The van der Waals surface area contributed by atoms with Crippen LogP contribution in [0.5, 0.6) is 0 Å². The molecule has 0 aromatic carbocycles. The first-order chi connectivity index (χ1) is 9.49. The Hall–Kier alpha value is -0.810. The lowest BCUT2D eigenvalue weighted by Crippen LogP contribution is -2.53. The molecule has 2 aliphatic rings. The van der Waals surface area contributed by atoms with Crippen LogP contribution in [0.1, 0.15) is 52.4 Å². The van der Waals surface area contributed by atoms with E-state index in [4.69, 9.17) is 5.73 Å². The summed E-state index contributed by atoms with van der Waals surface area (Å²) in [7, 11) is 0. The fourth-order valence-corrected chi connectivity index (χ4v) is 3.32. The summed E-state index contributed by atoms with van der Waals surface area (Å²) in [4.78, 5) is 26.2. The Bertz CT molecular complexity index is 368. The van der Waals surface area contributed by atoms with Crippen LogP contribution >= 0.6 is 12.4 Å². The average molecular weight is 318 g/mol. The number of nitrogens with two attached hydrogens (primary N) is 1. The van der Waals surface area contributed by atoms with Crippen molar-refractivity contribution in [2.24, 2.45) is 11.7 Å². The van der Waals surface area contributed by atoms with Crippen LogP contribution in [-0.4, -0.2) is 41.4 Å². The maximum Gasteiger partial charge on any atom is 0.243 e. The number of likely N-dealkylation sites (tertiary alicyclic amines) is 1. The van der Waals surface area contributed by atoms with E-state index in [0.29, 0.717) is 13.0 Å². The van der Waals surface area contributed by atoms with Crippen molar-refractivity contribution in [3.05, 3.63) is 0 Å². The quantitative estimate of drug-likeness (QED) is 0.824. The molecule has 1 unspecified atom stereocenters. The summed E-state index contributed by atoms with van der Waals surface area (Å²) in [5.41, 5.74) is 5.89. The van der Waals surface area contributed by atoms with Crippen LogP contribution in [0.25, 0.3) is 0 Å². The number of carbonyl (C=O) groups is 2. The summed E-state index contributed by atoms with van der Waals surface area (Å²) in [6.45, 7) is 4.73. The van der Waals surface area contributed by atoms with Crippen molar-refractivity contribution >= 4 is 24.2 Å². The predicted molar refractivity (Wildman–Crippen MR) is 85.2 cm³/mol. The van der Waals surface area contributed by atoms with Crippen molar-refractivity contribution in [2.45, 2.75) is 70.5 Å². The van der Waals surface area contributed by atoms with Crippen molar-refractivity contribution in [1.29, 1.82) is 0 Å². The Kier molecular flexibility index (Phi) is 6.94. The molecule has 1 aliphatic carbocycles. The molecule has 0 aromatic rings. The fourth-order valence-electron chi connectivity index (χ4n) is 3.32. The standard InChI is InChI=1S/C15H27N3O2.ClH/c1-10(2)14(18-9-3-4-13(18)19)15(20)17-12-7-5-11(16)6-8-12;/h10-12,14H,3-9,16H2,1-2H3,(H,17,20);1H. The molecule has 0 spiro atoms. The smallest absolute Gasteiger partial charge is 0.243 e. The normalized spacial score (nSPS) is 27.4. The lowest BCUT2D eigenvalue weighted by molar-refractivity contribution is -0.139. The van der Waals surface area contributed by atoms with Crippen molar-refractivity contribution < 1.29 is 9.59 Å². The van der Waals surface area contributed by atoms with Gasteiger partial charge in [0.25, 0.3) is 0 Å². The van der Waals surface area contributed by atoms with Crippen LogP contribution in [0.15, 0.2) is 0 Å². The first-order valence-corrected chi connectivity index (χ1v) is 7.84. The van der Waals surface area contributed by atoms with Crippen LogP contribution in [0.3, 0.4) is 0 Å². The number of rotatable bonds is 4. The zero-order valence-corrected chi connectivity index (χ0v) is 13.8. The molecule has 1 atom stereocenters. The van der Waals surface area contributed by atoms with Gasteiger partial charge in [0.15, 0.2) is 0 Å². The minimum atomic E-state index is -0.319. The summed E-state index contributed by atoms with van der Waals surface area (Å²) < 4.78 is 0. The second-order valence-corrected chi connectivity index (χ2v) is 6.50. The molecule has 1 heterocycles. The van der Waals surface area contributed by atoms with E-state index in [1.165, 1.54) is 0 Å². The minimum absolute atomic E-state index is 0. The number of hydrogen-bond acceptors (Lipinski definition) is 3. The van der Waals surface area contributed by atoms with Gasteiger partial charge in [-0.1, -0.05) is 13.8 Å². The van der Waals surface area contributed by atoms with Gasteiger partial charge in [0.1, 0.15) is 6.04 Å². The lowest BCUT2D eigenvalue weighted by Gasteiger charge is -2.33. The zero-order valence-electron chi connectivity index (χ0n) is 13.0. The summed E-state index contributed by atoms with van der Waals surface area (Å²) in [6.07, 6.45) is 5.29. The predicted octanol–water partition coefficient (Wildman–Crippen LogP) is 1.44. The van der Waals surface area contributed by atoms with Crippen LogP contribution in [0, 0.1) is 5.92 Å². The number of halogens is 1. The van der Waals surface area contributed by atoms with Gasteiger partial charge in [0, 0.05) is 25.0 Å². The highest BCUT2D eigenvalue weighted by Crippen LogP contribution is 2.21. The second kappa shape index (κ2) is 7.99. The van der Waals surface area contributed by atoms with Crippen molar-refractivity contribution in [1.82, 2.24) is 10.2 Å². The molecule has 21 heavy (non-hydrogen) atoms. The third-order valence-electron chi connectivity index (χ3n) is 4.46. The van der Waals surface area contributed by atoms with Gasteiger partial charge in [-0.15, -0.1) is 12.4 Å². The van der Waals surface area contributed by atoms with E-state index in [-0.39, 0.29) is 48.3 Å². The van der Waals surface area contributed by atoms with Gasteiger partial charge in [-0.25, -0.2) is 0 Å². The largest absolute Gasteiger partial charge is 0.352 e. The first kappa shape index (κ1) is 18.2. The van der Waals surface area contributed by atoms with Gasteiger partial charge >= 0.3 is 0 Å². The molecule has 1 saturated heterocycles. The maximum absolute atomic E-state index is 12.5. The molecule has 2 fully saturated rings. The van der Waals surface area contributed by atoms with Gasteiger partial charge in [0.05, 0.1) is 0 Å². The first-order valence-electron chi connectivity index (χ1n) is 7.84. The van der Waals surface area contributed by atoms with E-state index in [0.717, 1.165) is 32.1 Å². The third kappa shape index (κ3) is 4.58. The zero-order chi connectivity index (χ0) is 14.7. The molecular formula is C15H28ClN3O2. The van der Waals surface area contributed by atoms with Gasteiger partial charge in [-0.2, -0.15) is 0 Å². The molecule has 122 valence electrons. The highest BCUT2D eigenvalue weighted by atomic mass is 35.5. The number of nitrogens with one attached hydrogen (secondary N) is 1. The molecule has 2 rings (SSSR count). The Labute approximate surface area is 133 Å². The summed E-state index contributed by atoms with van der Waals surface area (Å²) in [5, 5.41) is 3.13. The minimum Gasteiger partial charge on any atom is -0.352 e. The molecule has 0 radical (unpaired) electrons. The maximum atomic E-state index is 12.5. The van der Waals surface area contributed by atoms with Crippen LogP contribution in [0.2, 0.25) is 0 Å². The van der Waals surface area contributed by atoms with Crippen molar-refractivity contribution in [3.8, 4) is 0 Å². The van der Waals surface area contributed by atoms with Crippen LogP contribution < -0.4 is 11.1 Å². The van der Waals surface area contributed by atoms with E-state index < -0.39 is 0 Å². The molecule has 6 heteroatoms. The SMILES string of the molecule is CC(C)C(C(=O)NC1CCC(N)CC1)N1CCCC1=O.Cl. The van der Waals surface area contributed by atoms with Gasteiger partial charge in [0.2, 0.25) is 11.8 Å². The number of nitrogens with zero attached hydrogens (tertiary/aromatic N) is 1. The third-order valence-corrected chi connectivity index (χ3v) is 4.46. The fraction of sp³-hybridized carbons (Fsp3) is 0.867.